The SMILES string of the molecule is CC(C)C(=O)c1cn(C)c2ccc(NC=O)cc12.CC(C)C(=O)c1cn(C)c2ccc(Nc3nccc(Cl)n3)cc12.CS(=O)(=O)c1nccc(Cl)n1.Cc1[nH]ncc1C=O.Cc1nn(-c2ccnc(Nc3ccc4c(c3)c(C(=O)C(C)C)cn4C)n2)cc1C=O.Cc1nn(-c2ccnc(Nc3ccc4c(c3)c(C(=O)C(C)C)cn4C)n2)cc1CN1C[C@H](O)CO1.O[C@H]1CNOC1. The quantitative estimate of drug-likeness (QED) is 0.0128. The predicted octanol–water partition coefficient (Wildman–Crippen LogP) is 13.7. The average molecular weight is 1840 g/mol. The van der Waals surface area contributed by atoms with Crippen LogP contribution in [0.4, 0.5) is 40.6 Å². The molecule has 2 aliphatic heterocycles. The number of aliphatic hydroxyl groups excluding tert-OH is 2. The van der Waals surface area contributed by atoms with E-state index in [1.165, 1.54) is 18.5 Å². The first-order chi connectivity index (χ1) is 62.4. The van der Waals surface area contributed by atoms with Gasteiger partial charge in [-0.05, 0) is 106 Å². The number of amides is 1. The van der Waals surface area contributed by atoms with Gasteiger partial charge in [0.05, 0.1) is 67.2 Å². The summed E-state index contributed by atoms with van der Waals surface area (Å²) in [6.45, 7) is 23.0. The van der Waals surface area contributed by atoms with Gasteiger partial charge in [-0.1, -0.05) is 78.6 Å². The van der Waals surface area contributed by atoms with E-state index in [1.54, 1.807) is 71.3 Å². The number of Topliss-reactive ketones (excluding diaryl/α,β-unsaturated/α-hetero) is 4. The second-order valence-electron chi connectivity index (χ2n) is 31.9. The summed E-state index contributed by atoms with van der Waals surface area (Å²) >= 11 is 11.3. The number of aromatic amines is 1. The Balaban J connectivity index is 0.000000157. The number of H-pyrrole nitrogens is 1. The molecule has 0 bridgehead atoms. The number of nitrogens with zero attached hydrogens (tertiary/aromatic N) is 18. The number of ketones is 4. The molecule has 2 saturated heterocycles. The fourth-order valence-electron chi connectivity index (χ4n) is 13.5. The van der Waals surface area contributed by atoms with Crippen LogP contribution in [0.1, 0.15) is 140 Å². The van der Waals surface area contributed by atoms with Crippen LogP contribution >= 0.6 is 23.2 Å². The van der Waals surface area contributed by atoms with Crippen molar-refractivity contribution in [3.8, 4) is 11.6 Å². The van der Waals surface area contributed by atoms with Crippen molar-refractivity contribution in [3.05, 3.63) is 232 Å². The molecular formula is C91H102Cl2N24O13S. The van der Waals surface area contributed by atoms with Gasteiger partial charge in [0.1, 0.15) is 10.3 Å². The molecule has 131 heavy (non-hydrogen) atoms. The Morgan fingerprint density at radius 2 is 0.916 bits per heavy atom. The highest BCUT2D eigenvalue weighted by Crippen LogP contribution is 2.33. The predicted molar refractivity (Wildman–Crippen MR) is 499 cm³/mol. The molecule has 11 aromatic heterocycles. The van der Waals surface area contributed by atoms with E-state index in [0.29, 0.717) is 113 Å². The van der Waals surface area contributed by atoms with Gasteiger partial charge in [-0.2, -0.15) is 35.8 Å². The van der Waals surface area contributed by atoms with Gasteiger partial charge >= 0.3 is 0 Å². The highest BCUT2D eigenvalue weighted by molar-refractivity contribution is 7.90. The van der Waals surface area contributed by atoms with E-state index >= 15 is 0 Å². The van der Waals surface area contributed by atoms with Gasteiger partial charge in [0.25, 0.3) is 0 Å². The summed E-state index contributed by atoms with van der Waals surface area (Å²) < 4.78 is 32.7. The Morgan fingerprint density at radius 1 is 0.511 bits per heavy atom. The van der Waals surface area contributed by atoms with E-state index in [9.17, 15) is 47.1 Å². The first-order valence-corrected chi connectivity index (χ1v) is 44.0. The van der Waals surface area contributed by atoms with Crippen molar-refractivity contribution >= 4 is 159 Å². The van der Waals surface area contributed by atoms with Crippen LogP contribution in [0.5, 0.6) is 0 Å². The molecule has 684 valence electrons. The standard InChI is InChI=1S/C25H29N7O3.C22H22N6O2.C17H17ClN4O.C14H16N2O2.C5H5ClN2O2S.C5H6N2O.C3H7NO2/c1-15(2)24(34)21-13-30(4)22-6-5-18(9-20(21)22)27-25-26-8-7-23(28-25)32-11-17(16(3)29-32)10-31-12-19(33)14-35-31;1-13(2)21(30)18-11-27(4)19-6-5-16(9-17(18)19)24-22-23-8-7-20(25-22)28-10-15(12-29)14(3)26-28;1-10(2)16(23)13-9-22(3)14-5-4-11(8-12(13)14)20-17-19-7-6-15(18)21-17;1-9(2)14(18)12-7-16(3)13-5-4-10(15-8-17)6-11(12)13;1-11(9,10)5-7-3-2-4(6)8-5;1-4-5(3-8)2-6-7-4;5-3-1-4-6-2-3/h5-9,11,13,15,19,33H,10,12,14H2,1-4H3,(H,26,27,28);5-13H,1-4H3,(H,23,24,25);4-10H,1-3H3,(H,19,20,21);4-9H,1-3H3,(H,15,17);2-3H,1H3;2-3H,1H3,(H,6,7);3-5H,1-2H2/t19-;;;;;;3-/m0.....0/s1. The van der Waals surface area contributed by atoms with Gasteiger partial charge in [-0.25, -0.2) is 47.7 Å². The van der Waals surface area contributed by atoms with E-state index in [1.807, 2.05) is 213 Å². The Kier molecular flexibility index (Phi) is 32.8. The van der Waals surface area contributed by atoms with Crippen LogP contribution in [-0.2, 0) is 59.0 Å². The van der Waals surface area contributed by atoms with Gasteiger partial charge in [0.15, 0.2) is 47.3 Å². The topological polar surface area (TPSA) is 463 Å². The molecule has 2 atom stereocenters. The minimum atomic E-state index is -3.33. The van der Waals surface area contributed by atoms with E-state index < -0.39 is 15.9 Å². The van der Waals surface area contributed by atoms with Crippen molar-refractivity contribution in [2.75, 3.05) is 53.8 Å². The van der Waals surface area contributed by atoms with Crippen LogP contribution in [0.2, 0.25) is 10.3 Å². The number of aryl methyl sites for hydroxylation is 7. The van der Waals surface area contributed by atoms with E-state index in [0.717, 1.165) is 102 Å². The highest BCUT2D eigenvalue weighted by Gasteiger charge is 2.26. The van der Waals surface area contributed by atoms with Crippen molar-refractivity contribution in [2.24, 2.45) is 51.9 Å². The van der Waals surface area contributed by atoms with Crippen LogP contribution in [0.15, 0.2) is 170 Å². The lowest BCUT2D eigenvalue weighted by atomic mass is 10.0. The second kappa shape index (κ2) is 44.0. The molecule has 17 rings (SSSR count). The molecule has 15 aromatic rings. The second-order valence-corrected chi connectivity index (χ2v) is 34.6. The molecule has 2 fully saturated rings. The molecule has 2 aliphatic rings. The number of aromatic nitrogens is 18. The number of hydroxylamine groups is 3. The summed E-state index contributed by atoms with van der Waals surface area (Å²) in [4.78, 5) is 124. The molecule has 8 N–H and O–H groups in total. The van der Waals surface area contributed by atoms with Crippen LogP contribution < -0.4 is 26.7 Å². The summed E-state index contributed by atoms with van der Waals surface area (Å²) in [6, 6.07) is 29.6. The lowest BCUT2D eigenvalue weighted by Crippen LogP contribution is -2.20. The van der Waals surface area contributed by atoms with Gasteiger partial charge in [-0.15, -0.1) is 0 Å². The summed E-state index contributed by atoms with van der Waals surface area (Å²) in [5, 5.41) is 51.1. The molecule has 13 heterocycles. The van der Waals surface area contributed by atoms with Gasteiger partial charge in [0.2, 0.25) is 39.2 Å². The molecule has 4 aromatic carbocycles. The normalized spacial score (nSPS) is 13.5. The van der Waals surface area contributed by atoms with Crippen molar-refractivity contribution < 1.29 is 61.9 Å². The third-order valence-corrected chi connectivity index (χ3v) is 21.7. The molecule has 0 aliphatic carbocycles. The first kappa shape index (κ1) is 97.8. The van der Waals surface area contributed by atoms with Crippen LogP contribution in [0.3, 0.4) is 0 Å². The minimum absolute atomic E-state index is 0.0433. The monoisotopic (exact) mass is 1840 g/mol. The number of benzene rings is 4. The molecule has 0 saturated carbocycles. The first-order valence-electron chi connectivity index (χ1n) is 41.4. The maximum Gasteiger partial charge on any atom is 0.248 e. The molecule has 37 nitrogen and oxygen atoms in total. The number of nitrogens with one attached hydrogen (secondary N) is 6. The fraction of sp³-hybridized carbons (Fsp3) is 0.297. The maximum atomic E-state index is 12.7. The van der Waals surface area contributed by atoms with Gasteiger partial charge in [0, 0.05) is 239 Å². The summed E-state index contributed by atoms with van der Waals surface area (Å²) in [7, 11) is 4.39. The smallest absolute Gasteiger partial charge is 0.248 e. The number of hydrogen-bond donors (Lipinski definition) is 8. The summed E-state index contributed by atoms with van der Waals surface area (Å²) in [6.07, 6.45) is 21.2. The molecule has 0 radical (unpaired) electrons. The number of anilines is 7. The van der Waals surface area contributed by atoms with Crippen molar-refractivity contribution in [1.29, 1.82) is 0 Å². The number of hydrogen-bond acceptors (Lipinski definition) is 29. The number of aliphatic hydroxyl groups is 2. The zero-order valence-corrected chi connectivity index (χ0v) is 77.2. The van der Waals surface area contributed by atoms with Gasteiger partial charge in [-0.3, -0.25) is 48.3 Å². The largest absolute Gasteiger partial charge is 0.389 e. The van der Waals surface area contributed by atoms with Crippen LogP contribution in [0, 0.1) is 44.4 Å². The van der Waals surface area contributed by atoms with E-state index in [4.69, 9.17) is 33.1 Å². The Labute approximate surface area is 764 Å². The van der Waals surface area contributed by atoms with Crippen molar-refractivity contribution in [1.82, 2.24) is 98.4 Å². The lowest BCUT2D eigenvalue weighted by molar-refractivity contribution is -0.118. The Hall–Kier alpha value is -13.8. The third-order valence-electron chi connectivity index (χ3n) is 20.4. The lowest BCUT2D eigenvalue weighted by Gasteiger charge is -2.12. The minimum Gasteiger partial charge on any atom is -0.389 e. The number of aldehydes is 2. The highest BCUT2D eigenvalue weighted by atomic mass is 35.5. The third kappa shape index (κ3) is 25.2. The number of rotatable bonds is 23. The number of fused-ring (bicyclic) bond motifs is 4. The number of carbonyl (C=O) groups excluding carboxylic acids is 7. The molecular weight excluding hydrogens is 1740 g/mol. The average Bonchev–Trinajstić information content (AvgIpc) is 1.54. The molecule has 1 amide bonds. The van der Waals surface area contributed by atoms with E-state index in [2.05, 4.69) is 91.9 Å². The molecule has 0 spiro atoms. The van der Waals surface area contributed by atoms with Crippen LogP contribution in [0.25, 0.3) is 55.2 Å². The van der Waals surface area contributed by atoms with Crippen molar-refractivity contribution in [3.63, 3.8) is 0 Å². The maximum absolute atomic E-state index is 12.7. The zero-order chi connectivity index (χ0) is 94.8. The van der Waals surface area contributed by atoms with Gasteiger partial charge < -0.3 is 49.7 Å². The Morgan fingerprint density at radius 3 is 1.25 bits per heavy atom. The Bertz CT molecular complexity index is 6760. The number of halogens is 2. The number of sulfone groups is 1. The summed E-state index contributed by atoms with van der Waals surface area (Å²) in [5.41, 5.74) is 16.8. The van der Waals surface area contributed by atoms with Crippen LogP contribution in [-0.4, -0.2) is 198 Å². The fourth-order valence-corrected chi connectivity index (χ4v) is 14.3. The molecule has 0 unspecified atom stereocenters. The summed E-state index contributed by atoms with van der Waals surface area (Å²) in [5.74, 6) is 2.61. The van der Waals surface area contributed by atoms with Crippen molar-refractivity contribution in [2.45, 2.75) is 100 Å². The molecule has 40 heteroatoms. The number of carbonyl (C=O) groups is 7. The number of β-amino-alcohol motifs (C(OH)–C–C–N with tert-alkyl or cyclic N) is 2. The van der Waals surface area contributed by atoms with E-state index in [-0.39, 0.29) is 63.2 Å². The zero-order valence-electron chi connectivity index (χ0n) is 74.9.